The molecule has 2 nitrogen and oxygen atoms in total. The second kappa shape index (κ2) is 7.42. The zero-order valence-corrected chi connectivity index (χ0v) is 13.2. The minimum absolute atomic E-state index is 0. The molecule has 0 aliphatic rings. The Morgan fingerprint density at radius 3 is 1.86 bits per heavy atom. The lowest BCUT2D eigenvalue weighted by molar-refractivity contribution is -0.274. The lowest BCUT2D eigenvalue weighted by atomic mass is 10.00. The molecule has 2 aromatic rings. The number of halogens is 6. The third-order valence-corrected chi connectivity index (χ3v) is 3.15. The zero-order valence-electron chi connectivity index (χ0n) is 10.9. The van der Waals surface area contributed by atoms with E-state index < -0.39 is 12.4 Å². The van der Waals surface area contributed by atoms with E-state index in [9.17, 15) is 13.2 Å². The fraction of sp³-hybridized carbons (Fsp3) is 0.143. The van der Waals surface area contributed by atoms with Crippen LogP contribution >= 0.6 is 35.6 Å². The molecular weight excluding hydrogens is 362 g/mol. The first-order valence-corrected chi connectivity index (χ1v) is 6.57. The van der Waals surface area contributed by atoms with Crippen molar-refractivity contribution in [2.75, 3.05) is 0 Å². The van der Waals surface area contributed by atoms with Gasteiger partial charge in [0.25, 0.3) is 0 Å². The predicted molar refractivity (Wildman–Crippen MR) is 82.9 cm³/mol. The van der Waals surface area contributed by atoms with Gasteiger partial charge in [0.05, 0.1) is 6.04 Å². The van der Waals surface area contributed by atoms with E-state index in [0.717, 1.165) is 0 Å². The maximum atomic E-state index is 12.1. The fourth-order valence-corrected chi connectivity index (χ4v) is 2.37. The first-order chi connectivity index (χ1) is 9.74. The van der Waals surface area contributed by atoms with Crippen LogP contribution in [-0.4, -0.2) is 6.36 Å². The molecule has 0 aliphatic heterocycles. The molecule has 2 aromatic carbocycles. The maximum Gasteiger partial charge on any atom is 0.573 e. The van der Waals surface area contributed by atoms with Gasteiger partial charge in [0.1, 0.15) is 5.75 Å². The van der Waals surface area contributed by atoms with Crippen LogP contribution < -0.4 is 10.5 Å². The molecule has 0 aliphatic carbocycles. The molecule has 1 atom stereocenters. The van der Waals surface area contributed by atoms with Gasteiger partial charge >= 0.3 is 6.36 Å². The first-order valence-electron chi connectivity index (χ1n) is 5.82. The highest BCUT2D eigenvalue weighted by molar-refractivity contribution is 6.34. The molecule has 120 valence electrons. The highest BCUT2D eigenvalue weighted by Crippen LogP contribution is 2.28. The van der Waals surface area contributed by atoms with E-state index in [1.165, 1.54) is 24.3 Å². The highest BCUT2D eigenvalue weighted by atomic mass is 35.5. The van der Waals surface area contributed by atoms with E-state index in [4.69, 9.17) is 28.9 Å². The maximum absolute atomic E-state index is 12.1. The van der Waals surface area contributed by atoms with Crippen molar-refractivity contribution in [2.24, 2.45) is 5.73 Å². The summed E-state index contributed by atoms with van der Waals surface area (Å²) in [5, 5.41) is 0.870. The first kappa shape index (κ1) is 18.9. The van der Waals surface area contributed by atoms with Gasteiger partial charge in [-0.05, 0) is 41.5 Å². The van der Waals surface area contributed by atoms with Gasteiger partial charge in [0.2, 0.25) is 0 Å². The smallest absolute Gasteiger partial charge is 0.406 e. The van der Waals surface area contributed by atoms with E-state index in [1.807, 2.05) is 0 Å². The van der Waals surface area contributed by atoms with Crippen molar-refractivity contribution in [3.05, 3.63) is 63.6 Å². The molecular formula is C14H11Cl3F3NO. The lowest BCUT2D eigenvalue weighted by Crippen LogP contribution is -2.17. The number of alkyl halides is 3. The highest BCUT2D eigenvalue weighted by Gasteiger charge is 2.31. The summed E-state index contributed by atoms with van der Waals surface area (Å²) in [6.45, 7) is 0. The molecule has 0 saturated heterocycles. The molecule has 2 N–H and O–H groups in total. The molecule has 0 bridgehead atoms. The topological polar surface area (TPSA) is 35.2 Å². The van der Waals surface area contributed by atoms with Crippen LogP contribution in [0.2, 0.25) is 10.0 Å². The van der Waals surface area contributed by atoms with E-state index >= 15 is 0 Å². The zero-order chi connectivity index (χ0) is 15.6. The van der Waals surface area contributed by atoms with E-state index in [-0.39, 0.29) is 18.2 Å². The summed E-state index contributed by atoms with van der Waals surface area (Å²) < 4.78 is 40.0. The van der Waals surface area contributed by atoms with Crippen LogP contribution in [0.1, 0.15) is 17.2 Å². The number of nitrogens with two attached hydrogens (primary N) is 1. The van der Waals surface area contributed by atoms with Crippen molar-refractivity contribution in [3.8, 4) is 5.75 Å². The summed E-state index contributed by atoms with van der Waals surface area (Å²) in [7, 11) is 0. The van der Waals surface area contributed by atoms with Gasteiger partial charge in [0, 0.05) is 10.0 Å². The number of hydrogen-bond donors (Lipinski definition) is 1. The van der Waals surface area contributed by atoms with Crippen molar-refractivity contribution >= 4 is 35.6 Å². The quantitative estimate of drug-likeness (QED) is 0.787. The monoisotopic (exact) mass is 371 g/mol. The Hall–Kier alpha value is -1.14. The average molecular weight is 373 g/mol. The van der Waals surface area contributed by atoms with Crippen LogP contribution in [0, 0.1) is 0 Å². The van der Waals surface area contributed by atoms with Gasteiger partial charge < -0.3 is 10.5 Å². The molecule has 0 amide bonds. The Labute approximate surface area is 141 Å². The van der Waals surface area contributed by atoms with Gasteiger partial charge in [0.15, 0.2) is 0 Å². The van der Waals surface area contributed by atoms with Gasteiger partial charge in [-0.2, -0.15) is 0 Å². The Balaban J connectivity index is 0.00000242. The van der Waals surface area contributed by atoms with Gasteiger partial charge in [-0.25, -0.2) is 0 Å². The fourth-order valence-electron chi connectivity index (χ4n) is 1.82. The molecule has 2 rings (SSSR count). The minimum Gasteiger partial charge on any atom is -0.406 e. The van der Waals surface area contributed by atoms with E-state index in [0.29, 0.717) is 21.2 Å². The standard InChI is InChI=1S/C14H10Cl2F3NO.ClH/c15-10-5-9(6-11(16)7-10)13(20)8-1-3-12(4-2-8)21-14(17,18)19;/h1-7,13H,20H2;1H/t13-;/m1./s1. The van der Waals surface area contributed by atoms with E-state index in [1.54, 1.807) is 18.2 Å². The number of hydrogen-bond acceptors (Lipinski definition) is 2. The molecule has 22 heavy (non-hydrogen) atoms. The van der Waals surface area contributed by atoms with Crippen LogP contribution in [-0.2, 0) is 0 Å². The second-order valence-corrected chi connectivity index (χ2v) is 5.17. The normalized spacial score (nSPS) is 12.5. The molecule has 0 spiro atoms. The van der Waals surface area contributed by atoms with Crippen molar-refractivity contribution in [3.63, 3.8) is 0 Å². The van der Waals surface area contributed by atoms with Crippen LogP contribution in [0.3, 0.4) is 0 Å². The molecule has 0 unspecified atom stereocenters. The Morgan fingerprint density at radius 2 is 1.41 bits per heavy atom. The second-order valence-electron chi connectivity index (χ2n) is 4.30. The largest absolute Gasteiger partial charge is 0.573 e. The van der Waals surface area contributed by atoms with Crippen LogP contribution in [0.25, 0.3) is 0 Å². The Bertz CT molecular complexity index is 612. The summed E-state index contributed by atoms with van der Waals surface area (Å²) in [4.78, 5) is 0. The van der Waals surface area contributed by atoms with Gasteiger partial charge in [-0.1, -0.05) is 35.3 Å². The number of benzene rings is 2. The predicted octanol–water partition coefficient (Wildman–Crippen LogP) is 5.36. The lowest BCUT2D eigenvalue weighted by Gasteiger charge is -2.15. The third-order valence-electron chi connectivity index (χ3n) is 2.72. The molecule has 0 saturated carbocycles. The Morgan fingerprint density at radius 1 is 0.909 bits per heavy atom. The summed E-state index contributed by atoms with van der Waals surface area (Å²) in [6.07, 6.45) is -4.72. The molecule has 0 heterocycles. The van der Waals surface area contributed by atoms with Crippen molar-refractivity contribution in [1.82, 2.24) is 0 Å². The van der Waals surface area contributed by atoms with Crippen molar-refractivity contribution in [1.29, 1.82) is 0 Å². The van der Waals surface area contributed by atoms with Crippen molar-refractivity contribution in [2.45, 2.75) is 12.4 Å². The number of ether oxygens (including phenoxy) is 1. The molecule has 0 aromatic heterocycles. The summed E-state index contributed by atoms with van der Waals surface area (Å²) in [6, 6.07) is 9.64. The number of rotatable bonds is 3. The SMILES string of the molecule is Cl.N[C@H](c1ccc(OC(F)(F)F)cc1)c1cc(Cl)cc(Cl)c1. The van der Waals surface area contributed by atoms with Crippen LogP contribution in [0.4, 0.5) is 13.2 Å². The van der Waals surface area contributed by atoms with Crippen LogP contribution in [0.15, 0.2) is 42.5 Å². The molecule has 8 heteroatoms. The van der Waals surface area contributed by atoms with Gasteiger partial charge in [-0.15, -0.1) is 25.6 Å². The third kappa shape index (κ3) is 5.25. The molecule has 0 fully saturated rings. The van der Waals surface area contributed by atoms with Gasteiger partial charge in [-0.3, -0.25) is 0 Å². The van der Waals surface area contributed by atoms with E-state index in [2.05, 4.69) is 4.74 Å². The summed E-state index contributed by atoms with van der Waals surface area (Å²) in [5.74, 6) is -0.303. The average Bonchev–Trinajstić information content (AvgIpc) is 2.35. The van der Waals surface area contributed by atoms with Crippen molar-refractivity contribution < 1.29 is 17.9 Å². The summed E-state index contributed by atoms with van der Waals surface area (Å²) in [5.41, 5.74) is 7.33. The van der Waals surface area contributed by atoms with Crippen LogP contribution in [0.5, 0.6) is 5.75 Å². The summed E-state index contributed by atoms with van der Waals surface area (Å²) >= 11 is 11.8. The minimum atomic E-state index is -4.72. The Kier molecular flexibility index (Phi) is 6.38. The molecule has 0 radical (unpaired) electrons.